The average molecular weight is 393 g/mol. The van der Waals surface area contributed by atoms with Gasteiger partial charge in [0.25, 0.3) is 5.91 Å². The fourth-order valence-corrected chi connectivity index (χ4v) is 2.70. The van der Waals surface area contributed by atoms with Crippen molar-refractivity contribution in [3.8, 4) is 0 Å². The first-order valence-electron chi connectivity index (χ1n) is 5.96. The highest BCUT2D eigenvalue weighted by atomic mass is 127. The second-order valence-electron chi connectivity index (χ2n) is 4.24. The van der Waals surface area contributed by atoms with Gasteiger partial charge in [0.15, 0.2) is 6.04 Å². The topological polar surface area (TPSA) is 55.8 Å². The first-order chi connectivity index (χ1) is 9.54. The molecule has 0 radical (unpaired) electrons. The van der Waals surface area contributed by atoms with Gasteiger partial charge in [-0.05, 0) is 40.8 Å². The van der Waals surface area contributed by atoms with Crippen LogP contribution in [0.15, 0.2) is 18.2 Å². The summed E-state index contributed by atoms with van der Waals surface area (Å²) in [5.74, 6) is -1.25. The van der Waals surface area contributed by atoms with Gasteiger partial charge in [-0.15, -0.1) is 0 Å². The van der Waals surface area contributed by atoms with Crippen LogP contribution in [0.1, 0.15) is 10.4 Å². The van der Waals surface area contributed by atoms with Gasteiger partial charge >= 0.3 is 5.97 Å². The van der Waals surface area contributed by atoms with E-state index in [1.54, 1.807) is 0 Å². The molecule has 1 aliphatic heterocycles. The van der Waals surface area contributed by atoms with E-state index >= 15 is 0 Å². The van der Waals surface area contributed by atoms with Crippen LogP contribution in [0.4, 0.5) is 4.39 Å². The second kappa shape index (κ2) is 6.49. The van der Waals surface area contributed by atoms with Gasteiger partial charge in [0.1, 0.15) is 5.82 Å². The molecule has 1 unspecified atom stereocenters. The average Bonchev–Trinajstić information content (AvgIpc) is 2.46. The Bertz CT molecular complexity index is 537. The highest BCUT2D eigenvalue weighted by Crippen LogP contribution is 2.19. The molecule has 1 aromatic rings. The smallest absolute Gasteiger partial charge is 0.331 e. The minimum Gasteiger partial charge on any atom is -0.467 e. The monoisotopic (exact) mass is 393 g/mol. The first-order valence-corrected chi connectivity index (χ1v) is 7.04. The molecule has 1 heterocycles. The number of benzene rings is 1. The number of nitrogens with zero attached hydrogens (tertiary/aromatic N) is 1. The first kappa shape index (κ1) is 15.2. The predicted octanol–water partition coefficient (Wildman–Crippen LogP) is 1.44. The minimum absolute atomic E-state index is 0.107. The maximum Gasteiger partial charge on any atom is 0.331 e. The molecule has 1 saturated heterocycles. The molecule has 108 valence electrons. The van der Waals surface area contributed by atoms with E-state index in [4.69, 9.17) is 4.74 Å². The maximum absolute atomic E-state index is 13.1. The molecule has 1 aliphatic rings. The van der Waals surface area contributed by atoms with Crippen LogP contribution in [0.2, 0.25) is 0 Å². The molecule has 1 fully saturated rings. The summed E-state index contributed by atoms with van der Waals surface area (Å²) in [6.45, 7) is 0.763. The zero-order valence-electron chi connectivity index (χ0n) is 10.8. The van der Waals surface area contributed by atoms with E-state index in [9.17, 15) is 14.0 Å². The number of amides is 1. The van der Waals surface area contributed by atoms with Gasteiger partial charge in [-0.1, -0.05) is 0 Å². The Hall–Kier alpha value is -1.22. The molecule has 0 aliphatic carbocycles. The summed E-state index contributed by atoms with van der Waals surface area (Å²) < 4.78 is 23.5. The zero-order valence-corrected chi connectivity index (χ0v) is 12.9. The Kier molecular flexibility index (Phi) is 4.92. The van der Waals surface area contributed by atoms with E-state index in [2.05, 4.69) is 4.74 Å². The highest BCUT2D eigenvalue weighted by molar-refractivity contribution is 14.1. The molecule has 5 nitrogen and oxygen atoms in total. The second-order valence-corrected chi connectivity index (χ2v) is 5.40. The molecule has 7 heteroatoms. The highest BCUT2D eigenvalue weighted by Gasteiger charge is 2.34. The van der Waals surface area contributed by atoms with Crippen LogP contribution in [0.5, 0.6) is 0 Å². The fraction of sp³-hybridized carbons (Fsp3) is 0.385. The van der Waals surface area contributed by atoms with Gasteiger partial charge in [-0.3, -0.25) is 4.79 Å². The molecule has 0 N–H and O–H groups in total. The van der Waals surface area contributed by atoms with Crippen molar-refractivity contribution in [2.45, 2.75) is 6.04 Å². The molecule has 0 aromatic heterocycles. The van der Waals surface area contributed by atoms with Gasteiger partial charge in [-0.25, -0.2) is 9.18 Å². The number of ether oxygens (including phenoxy) is 2. The van der Waals surface area contributed by atoms with Crippen LogP contribution >= 0.6 is 22.6 Å². The van der Waals surface area contributed by atoms with Crippen molar-refractivity contribution in [2.75, 3.05) is 26.9 Å². The van der Waals surface area contributed by atoms with Gasteiger partial charge in [0.05, 0.1) is 25.9 Å². The zero-order chi connectivity index (χ0) is 14.7. The number of methoxy groups -OCH3 is 1. The van der Waals surface area contributed by atoms with Crippen molar-refractivity contribution in [3.05, 3.63) is 33.1 Å². The van der Waals surface area contributed by atoms with Crippen LogP contribution in [0.3, 0.4) is 0 Å². The third-order valence-corrected chi connectivity index (χ3v) is 3.92. The molecule has 20 heavy (non-hydrogen) atoms. The molecular formula is C13H13FINO4. The molecule has 0 spiro atoms. The van der Waals surface area contributed by atoms with E-state index in [0.29, 0.717) is 22.3 Å². The summed E-state index contributed by atoms with van der Waals surface area (Å²) >= 11 is 1.90. The van der Waals surface area contributed by atoms with Crippen molar-refractivity contribution in [2.24, 2.45) is 0 Å². The Morgan fingerprint density at radius 3 is 2.90 bits per heavy atom. The Balaban J connectivity index is 2.27. The van der Waals surface area contributed by atoms with Crippen molar-refractivity contribution in [1.82, 2.24) is 4.90 Å². The number of rotatable bonds is 2. The quantitative estimate of drug-likeness (QED) is 0.564. The summed E-state index contributed by atoms with van der Waals surface area (Å²) in [7, 11) is 1.27. The summed E-state index contributed by atoms with van der Waals surface area (Å²) in [4.78, 5) is 25.6. The standard InChI is InChI=1S/C13H13FINO4/c1-19-13(18)11-7-20-5-4-16(11)12(17)9-3-2-8(14)6-10(9)15/h2-3,6,11H,4-5,7H2,1H3. The number of carbonyl (C=O) groups is 2. The lowest BCUT2D eigenvalue weighted by Gasteiger charge is -2.33. The van der Waals surface area contributed by atoms with Gasteiger partial charge in [-0.2, -0.15) is 0 Å². The largest absolute Gasteiger partial charge is 0.467 e. The molecule has 0 bridgehead atoms. The fourth-order valence-electron chi connectivity index (χ4n) is 2.00. The van der Waals surface area contributed by atoms with Crippen molar-refractivity contribution in [1.29, 1.82) is 0 Å². The molecular weight excluding hydrogens is 380 g/mol. The third-order valence-electron chi connectivity index (χ3n) is 3.02. The SMILES string of the molecule is COC(=O)C1COCCN1C(=O)c1ccc(F)cc1I. The lowest BCUT2D eigenvalue weighted by molar-refractivity contribution is -0.151. The summed E-state index contributed by atoms with van der Waals surface area (Å²) in [6, 6.07) is 3.16. The van der Waals surface area contributed by atoms with E-state index in [0.717, 1.165) is 0 Å². The van der Waals surface area contributed by atoms with Crippen LogP contribution < -0.4 is 0 Å². The Morgan fingerprint density at radius 1 is 1.50 bits per heavy atom. The molecule has 1 amide bonds. The maximum atomic E-state index is 13.1. The van der Waals surface area contributed by atoms with Crippen molar-refractivity contribution in [3.63, 3.8) is 0 Å². The predicted molar refractivity (Wildman–Crippen MR) is 76.8 cm³/mol. The van der Waals surface area contributed by atoms with E-state index in [1.165, 1.54) is 30.2 Å². The normalized spacial score (nSPS) is 18.8. The van der Waals surface area contributed by atoms with Gasteiger partial charge < -0.3 is 14.4 Å². The van der Waals surface area contributed by atoms with Crippen molar-refractivity contribution < 1.29 is 23.5 Å². The van der Waals surface area contributed by atoms with Crippen LogP contribution in [-0.4, -0.2) is 49.7 Å². The van der Waals surface area contributed by atoms with Gasteiger partial charge in [0.2, 0.25) is 0 Å². The Labute approximate surface area is 129 Å². The van der Waals surface area contributed by atoms with Gasteiger partial charge in [0, 0.05) is 10.1 Å². The van der Waals surface area contributed by atoms with Crippen LogP contribution in [0.25, 0.3) is 0 Å². The van der Waals surface area contributed by atoms with Crippen LogP contribution in [-0.2, 0) is 14.3 Å². The lowest BCUT2D eigenvalue weighted by atomic mass is 10.1. The van der Waals surface area contributed by atoms with E-state index in [-0.39, 0.29) is 12.5 Å². The summed E-state index contributed by atoms with van der Waals surface area (Å²) in [5.41, 5.74) is 0.364. The number of esters is 1. The summed E-state index contributed by atoms with van der Waals surface area (Å²) in [5, 5.41) is 0. The van der Waals surface area contributed by atoms with E-state index < -0.39 is 17.8 Å². The Morgan fingerprint density at radius 2 is 2.25 bits per heavy atom. The molecule has 0 saturated carbocycles. The number of halogens is 2. The number of morpholine rings is 1. The van der Waals surface area contributed by atoms with E-state index in [1.807, 2.05) is 22.6 Å². The number of hydrogen-bond acceptors (Lipinski definition) is 4. The number of hydrogen-bond donors (Lipinski definition) is 0. The lowest BCUT2D eigenvalue weighted by Crippen LogP contribution is -2.53. The van der Waals surface area contributed by atoms with Crippen LogP contribution in [0, 0.1) is 9.39 Å². The summed E-state index contributed by atoms with van der Waals surface area (Å²) in [6.07, 6.45) is 0. The molecule has 1 atom stereocenters. The third kappa shape index (κ3) is 3.09. The number of carbonyl (C=O) groups excluding carboxylic acids is 2. The molecule has 1 aromatic carbocycles. The van der Waals surface area contributed by atoms with Crippen molar-refractivity contribution >= 4 is 34.5 Å². The molecule has 2 rings (SSSR count). The minimum atomic E-state index is -0.762.